The zero-order valence-corrected chi connectivity index (χ0v) is 36.8. The van der Waals surface area contributed by atoms with Crippen LogP contribution in [0.25, 0.3) is 0 Å². The number of phosphoric acid groups is 1. The van der Waals surface area contributed by atoms with E-state index in [-0.39, 0.29) is 32.2 Å². The topological polar surface area (TPSA) is 94.1 Å². The Bertz CT molecular complexity index is 962. The molecule has 0 saturated heterocycles. The molecule has 0 fully saturated rings. The van der Waals surface area contributed by atoms with E-state index in [1.165, 1.54) is 109 Å². The van der Waals surface area contributed by atoms with Gasteiger partial charge in [-0.25, -0.2) is 0 Å². The summed E-state index contributed by atoms with van der Waals surface area (Å²) < 4.78 is 34.5. The molecule has 2 unspecified atom stereocenters. The molecule has 0 radical (unpaired) electrons. The smallest absolute Gasteiger partial charge is 0.306 e. The molecule has 0 heterocycles. The average Bonchev–Trinajstić information content (AvgIpc) is 3.12. The average molecular weight is 784 g/mol. The number of phosphoric ester groups is 1. The van der Waals surface area contributed by atoms with Crippen molar-refractivity contribution in [2.75, 3.05) is 54.1 Å². The van der Waals surface area contributed by atoms with Crippen molar-refractivity contribution in [3.63, 3.8) is 0 Å². The summed E-state index contributed by atoms with van der Waals surface area (Å²) in [6.07, 6.45) is 44.5. The molecule has 0 rings (SSSR count). The van der Waals surface area contributed by atoms with Gasteiger partial charge in [-0.05, 0) is 44.9 Å². The highest BCUT2D eigenvalue weighted by atomic mass is 31.2. The fourth-order valence-corrected chi connectivity index (χ4v) is 6.76. The molecule has 0 aromatic rings. The molecule has 0 amide bonds. The molecule has 8 nitrogen and oxygen atoms in total. The van der Waals surface area contributed by atoms with Crippen LogP contribution in [-0.4, -0.2) is 70.7 Å². The van der Waals surface area contributed by atoms with Crippen LogP contribution in [-0.2, 0) is 27.9 Å². The summed E-state index contributed by atoms with van der Waals surface area (Å²) in [4.78, 5) is 25.0. The third-order valence-corrected chi connectivity index (χ3v) is 10.4. The van der Waals surface area contributed by atoms with Crippen molar-refractivity contribution in [2.24, 2.45) is 0 Å². The summed E-state index contributed by atoms with van der Waals surface area (Å²) in [6.45, 7) is 5.28. The molecular weight excluding hydrogens is 697 g/mol. The van der Waals surface area contributed by atoms with Crippen molar-refractivity contribution in [1.82, 2.24) is 0 Å². The molecule has 0 aliphatic carbocycles. The lowest BCUT2D eigenvalue weighted by molar-refractivity contribution is -0.870. The van der Waals surface area contributed by atoms with Crippen LogP contribution >= 0.6 is 7.82 Å². The minimum Gasteiger partial charge on any atom is -0.756 e. The van der Waals surface area contributed by atoms with Crippen molar-refractivity contribution < 1.29 is 37.3 Å². The number of quaternary nitrogens is 1. The lowest BCUT2D eigenvalue weighted by Gasteiger charge is -2.28. The van der Waals surface area contributed by atoms with Crippen LogP contribution in [0.4, 0.5) is 0 Å². The van der Waals surface area contributed by atoms with E-state index in [4.69, 9.17) is 18.5 Å². The molecule has 54 heavy (non-hydrogen) atoms. The number of nitrogens with zero attached hydrogens (tertiary/aromatic N) is 1. The molecule has 0 aromatic carbocycles. The van der Waals surface area contributed by atoms with Crippen LogP contribution in [0, 0.1) is 0 Å². The number of unbranched alkanes of at least 4 members (excludes halogenated alkanes) is 21. The minimum atomic E-state index is -4.53. The molecule has 0 saturated carbocycles. The van der Waals surface area contributed by atoms with Crippen molar-refractivity contribution in [1.29, 1.82) is 0 Å². The Kier molecular flexibility index (Phi) is 37.7. The number of hydrogen-bond donors (Lipinski definition) is 0. The van der Waals surface area contributed by atoms with Crippen LogP contribution in [0.3, 0.4) is 0 Å². The Labute approximate surface area is 334 Å². The van der Waals surface area contributed by atoms with Gasteiger partial charge in [0, 0.05) is 13.0 Å². The third-order valence-electron chi connectivity index (χ3n) is 9.46. The van der Waals surface area contributed by atoms with E-state index in [0.29, 0.717) is 17.6 Å². The second-order valence-corrected chi connectivity index (χ2v) is 17.4. The molecule has 318 valence electrons. The van der Waals surface area contributed by atoms with E-state index in [1.807, 2.05) is 21.1 Å². The maximum absolute atomic E-state index is 12.6. The number of carbonyl (C=O) groups excluding carboxylic acids is 1. The first-order chi connectivity index (χ1) is 26.1. The van der Waals surface area contributed by atoms with Crippen LogP contribution < -0.4 is 4.89 Å². The standard InChI is InChI=1S/C45H86NO7P/c1-6-8-10-12-14-16-18-20-21-22-23-24-25-27-29-31-33-35-37-40-50-42-44(43-52-54(48,49)51-41-39-46(3,4)5)53-45(47)38-36-34-32-30-28-26-19-17-15-13-11-9-7-2/h9,11,15,17,26,28,44H,6-8,10,12-14,16,18-25,27,29-43H2,1-5H3/b11-9-,17-15-,28-26-. The maximum Gasteiger partial charge on any atom is 0.306 e. The normalized spacial score (nSPS) is 14.1. The summed E-state index contributed by atoms with van der Waals surface area (Å²) >= 11 is 0. The van der Waals surface area contributed by atoms with Gasteiger partial charge >= 0.3 is 5.97 Å². The van der Waals surface area contributed by atoms with Gasteiger partial charge in [0.15, 0.2) is 0 Å². The lowest BCUT2D eigenvalue weighted by atomic mass is 10.0. The van der Waals surface area contributed by atoms with E-state index < -0.39 is 13.9 Å². The Balaban J connectivity index is 4.20. The predicted molar refractivity (Wildman–Crippen MR) is 227 cm³/mol. The monoisotopic (exact) mass is 784 g/mol. The Hall–Kier alpha value is -1.28. The fraction of sp³-hybridized carbons (Fsp3) is 0.844. The highest BCUT2D eigenvalue weighted by Crippen LogP contribution is 2.38. The molecular formula is C45H86NO7P. The van der Waals surface area contributed by atoms with Gasteiger partial charge in [0.1, 0.15) is 19.3 Å². The van der Waals surface area contributed by atoms with Crippen molar-refractivity contribution in [2.45, 2.75) is 193 Å². The zero-order valence-electron chi connectivity index (χ0n) is 35.9. The van der Waals surface area contributed by atoms with E-state index in [9.17, 15) is 14.3 Å². The van der Waals surface area contributed by atoms with E-state index >= 15 is 0 Å². The maximum atomic E-state index is 12.6. The Morgan fingerprint density at radius 1 is 0.593 bits per heavy atom. The lowest BCUT2D eigenvalue weighted by Crippen LogP contribution is -2.37. The van der Waals surface area contributed by atoms with Gasteiger partial charge in [0.2, 0.25) is 0 Å². The molecule has 0 aliphatic heterocycles. The Morgan fingerprint density at radius 3 is 1.59 bits per heavy atom. The van der Waals surface area contributed by atoms with E-state index in [1.54, 1.807) is 0 Å². The largest absolute Gasteiger partial charge is 0.756 e. The fourth-order valence-electron chi connectivity index (χ4n) is 6.03. The van der Waals surface area contributed by atoms with Crippen LogP contribution in [0.5, 0.6) is 0 Å². The molecule has 0 N–H and O–H groups in total. The summed E-state index contributed by atoms with van der Waals surface area (Å²) in [5, 5.41) is 0. The first kappa shape index (κ1) is 52.7. The number of carbonyl (C=O) groups is 1. The summed E-state index contributed by atoms with van der Waals surface area (Å²) in [6, 6.07) is 0. The predicted octanol–water partition coefficient (Wildman–Crippen LogP) is 12.4. The van der Waals surface area contributed by atoms with Crippen LogP contribution in [0.1, 0.15) is 187 Å². The number of allylic oxidation sites excluding steroid dienone is 6. The van der Waals surface area contributed by atoms with Crippen molar-refractivity contribution in [3.05, 3.63) is 36.5 Å². The second-order valence-electron chi connectivity index (χ2n) is 16.0. The number of esters is 1. The quantitative estimate of drug-likeness (QED) is 0.0200. The summed E-state index contributed by atoms with van der Waals surface area (Å²) in [7, 11) is 1.34. The van der Waals surface area contributed by atoms with Gasteiger partial charge < -0.3 is 27.9 Å². The van der Waals surface area contributed by atoms with Gasteiger partial charge in [-0.15, -0.1) is 0 Å². The van der Waals surface area contributed by atoms with Crippen LogP contribution in [0.2, 0.25) is 0 Å². The number of hydrogen-bond acceptors (Lipinski definition) is 7. The van der Waals surface area contributed by atoms with Gasteiger partial charge in [-0.3, -0.25) is 9.36 Å². The number of ether oxygens (including phenoxy) is 2. The SMILES string of the molecule is CC/C=C\C/C=C\C/C=C\CCCCCC(=O)OC(COCCCCCCCCCCCCCCCCCCCCC)COP(=O)([O-])OCC[N+](C)(C)C. The molecule has 0 spiro atoms. The molecule has 0 bridgehead atoms. The Morgan fingerprint density at radius 2 is 1.07 bits per heavy atom. The summed E-state index contributed by atoms with van der Waals surface area (Å²) in [5.74, 6) is -0.361. The second kappa shape index (κ2) is 38.6. The molecule has 2 atom stereocenters. The van der Waals surface area contributed by atoms with Gasteiger partial charge in [0.25, 0.3) is 7.82 Å². The minimum absolute atomic E-state index is 0.0210. The van der Waals surface area contributed by atoms with Gasteiger partial charge in [0.05, 0.1) is 34.4 Å². The zero-order chi connectivity index (χ0) is 39.9. The first-order valence-electron chi connectivity index (χ1n) is 22.2. The number of likely N-dealkylation sites (N-methyl/N-ethyl adjacent to an activating group) is 1. The molecule has 9 heteroatoms. The van der Waals surface area contributed by atoms with E-state index in [2.05, 4.69) is 50.3 Å². The third kappa shape index (κ3) is 41.9. The van der Waals surface area contributed by atoms with Gasteiger partial charge in [-0.1, -0.05) is 172 Å². The number of rotatable bonds is 41. The molecule has 0 aliphatic rings. The summed E-state index contributed by atoms with van der Waals surface area (Å²) in [5.41, 5.74) is 0. The first-order valence-corrected chi connectivity index (χ1v) is 23.7. The van der Waals surface area contributed by atoms with Crippen molar-refractivity contribution in [3.8, 4) is 0 Å². The highest BCUT2D eigenvalue weighted by Gasteiger charge is 2.20. The molecule has 0 aromatic heterocycles. The van der Waals surface area contributed by atoms with E-state index in [0.717, 1.165) is 57.8 Å². The highest BCUT2D eigenvalue weighted by molar-refractivity contribution is 7.45. The van der Waals surface area contributed by atoms with Crippen molar-refractivity contribution >= 4 is 13.8 Å². The van der Waals surface area contributed by atoms with Crippen LogP contribution in [0.15, 0.2) is 36.5 Å². The van der Waals surface area contributed by atoms with Gasteiger partial charge in [-0.2, -0.15) is 0 Å².